The number of benzene rings is 3. The van der Waals surface area contributed by atoms with Crippen LogP contribution in [-0.2, 0) is 6.54 Å². The lowest BCUT2D eigenvalue weighted by molar-refractivity contribution is 0.0697. The molecule has 0 spiro atoms. The van der Waals surface area contributed by atoms with E-state index in [1.54, 1.807) is 12.1 Å². The van der Waals surface area contributed by atoms with E-state index >= 15 is 0 Å². The number of carboxylic acid groups (broad SMARTS) is 1. The number of hydrogen-bond acceptors (Lipinski definition) is 5. The van der Waals surface area contributed by atoms with Crippen LogP contribution in [0.25, 0.3) is 44.3 Å². The second kappa shape index (κ2) is 7.83. The topological polar surface area (TPSA) is 111 Å². The van der Waals surface area contributed by atoms with Gasteiger partial charge in [-0.2, -0.15) is 10.2 Å². The molecule has 8 nitrogen and oxygen atoms in total. The van der Waals surface area contributed by atoms with E-state index in [0.717, 1.165) is 69.8 Å². The highest BCUT2D eigenvalue weighted by Crippen LogP contribution is 2.31. The van der Waals surface area contributed by atoms with Crippen molar-refractivity contribution in [1.82, 2.24) is 30.3 Å². The minimum Gasteiger partial charge on any atom is -0.478 e. The molecule has 0 aliphatic carbocycles. The normalized spacial score (nSPS) is 14.4. The number of nitrogens with zero attached hydrogens (tertiary/aromatic N) is 4. The van der Waals surface area contributed by atoms with Gasteiger partial charge in [0.15, 0.2) is 11.6 Å². The fourth-order valence-electron chi connectivity index (χ4n) is 4.54. The van der Waals surface area contributed by atoms with E-state index in [1.807, 2.05) is 36.4 Å². The van der Waals surface area contributed by atoms with Crippen LogP contribution in [0.5, 0.6) is 0 Å². The van der Waals surface area contributed by atoms with Gasteiger partial charge >= 0.3 is 5.97 Å². The van der Waals surface area contributed by atoms with E-state index in [-0.39, 0.29) is 5.56 Å². The number of nitrogens with one attached hydrogen (secondary N) is 2. The molecule has 1 aliphatic heterocycles. The minimum absolute atomic E-state index is 0.279. The molecule has 164 valence electrons. The number of fused-ring (bicyclic) bond motifs is 2. The van der Waals surface area contributed by atoms with Crippen LogP contribution < -0.4 is 0 Å². The molecule has 1 aliphatic rings. The Labute approximate surface area is 189 Å². The summed E-state index contributed by atoms with van der Waals surface area (Å²) in [6.07, 6.45) is 2.49. The number of aromatic nitrogens is 5. The van der Waals surface area contributed by atoms with Gasteiger partial charge in [-0.05, 0) is 73.1 Å². The Morgan fingerprint density at radius 2 is 1.70 bits per heavy atom. The zero-order valence-corrected chi connectivity index (χ0v) is 17.9. The van der Waals surface area contributed by atoms with Gasteiger partial charge in [0, 0.05) is 16.5 Å². The highest BCUT2D eigenvalue weighted by molar-refractivity contribution is 5.99. The van der Waals surface area contributed by atoms with Crippen LogP contribution in [0.2, 0.25) is 0 Å². The predicted octanol–water partition coefficient (Wildman–Crippen LogP) is 4.46. The van der Waals surface area contributed by atoms with Gasteiger partial charge in [-0.3, -0.25) is 15.1 Å². The monoisotopic (exact) mass is 438 g/mol. The first kappa shape index (κ1) is 19.6. The van der Waals surface area contributed by atoms with Gasteiger partial charge in [0.05, 0.1) is 23.3 Å². The van der Waals surface area contributed by atoms with Crippen molar-refractivity contribution < 1.29 is 9.90 Å². The van der Waals surface area contributed by atoms with Crippen molar-refractivity contribution in [3.05, 3.63) is 66.0 Å². The maximum atomic E-state index is 11.3. The number of carbonyl (C=O) groups is 1. The van der Waals surface area contributed by atoms with Crippen LogP contribution in [0.3, 0.4) is 0 Å². The van der Waals surface area contributed by atoms with Crippen LogP contribution in [-0.4, -0.2) is 54.4 Å². The van der Waals surface area contributed by atoms with E-state index in [4.69, 9.17) is 4.98 Å². The summed E-state index contributed by atoms with van der Waals surface area (Å²) in [4.78, 5) is 18.3. The highest BCUT2D eigenvalue weighted by atomic mass is 16.4. The first-order valence-electron chi connectivity index (χ1n) is 11.0. The van der Waals surface area contributed by atoms with Gasteiger partial charge in [-0.1, -0.05) is 18.2 Å². The van der Waals surface area contributed by atoms with Crippen LogP contribution in [0.1, 0.15) is 29.0 Å². The molecule has 0 atom stereocenters. The molecule has 2 aromatic heterocycles. The third-order valence-corrected chi connectivity index (χ3v) is 6.29. The lowest BCUT2D eigenvalue weighted by Gasteiger charge is -2.10. The fraction of sp³-hybridized carbons (Fsp3) is 0.200. The summed E-state index contributed by atoms with van der Waals surface area (Å²) in [5, 5.41) is 27.2. The summed E-state index contributed by atoms with van der Waals surface area (Å²) in [5.74, 6) is 0.635. The van der Waals surface area contributed by atoms with Gasteiger partial charge in [-0.25, -0.2) is 9.78 Å². The van der Waals surface area contributed by atoms with Crippen molar-refractivity contribution in [1.29, 1.82) is 0 Å². The Hall–Kier alpha value is -4.04. The first-order chi connectivity index (χ1) is 16.1. The molecule has 3 aromatic carbocycles. The van der Waals surface area contributed by atoms with E-state index in [0.29, 0.717) is 0 Å². The van der Waals surface area contributed by atoms with Crippen LogP contribution in [0.4, 0.5) is 0 Å². The summed E-state index contributed by atoms with van der Waals surface area (Å²) in [6, 6.07) is 17.2. The smallest absolute Gasteiger partial charge is 0.335 e. The predicted molar refractivity (Wildman–Crippen MR) is 126 cm³/mol. The average molecular weight is 438 g/mol. The molecule has 1 fully saturated rings. The van der Waals surface area contributed by atoms with Crippen molar-refractivity contribution in [2.45, 2.75) is 19.4 Å². The first-order valence-corrected chi connectivity index (χ1v) is 11.0. The Balaban J connectivity index is 1.35. The van der Waals surface area contributed by atoms with E-state index in [2.05, 4.69) is 31.4 Å². The van der Waals surface area contributed by atoms with Crippen molar-refractivity contribution in [3.8, 4) is 22.6 Å². The fourth-order valence-corrected chi connectivity index (χ4v) is 4.54. The lowest BCUT2D eigenvalue weighted by atomic mass is 10.0. The number of aromatic carboxylic acids is 1. The second-order valence-electron chi connectivity index (χ2n) is 8.50. The van der Waals surface area contributed by atoms with Gasteiger partial charge in [0.1, 0.15) is 0 Å². The molecule has 3 heterocycles. The zero-order chi connectivity index (χ0) is 22.4. The van der Waals surface area contributed by atoms with E-state index in [9.17, 15) is 9.90 Å². The molecule has 0 amide bonds. The molecule has 3 N–H and O–H groups in total. The number of aromatic amines is 2. The SMILES string of the molecule is O=C(O)c1ccc2cc(-c3n[nH]c4ccc(-c5nc(CN6CCCC6)n[nH]5)cc34)ccc2c1. The van der Waals surface area contributed by atoms with Crippen molar-refractivity contribution in [3.63, 3.8) is 0 Å². The highest BCUT2D eigenvalue weighted by Gasteiger charge is 2.16. The number of hydrogen-bond donors (Lipinski definition) is 3. The average Bonchev–Trinajstić information content (AvgIpc) is 3.59. The Kier molecular flexibility index (Phi) is 4.66. The van der Waals surface area contributed by atoms with Gasteiger partial charge in [-0.15, -0.1) is 0 Å². The number of carboxylic acids is 1. The van der Waals surface area contributed by atoms with Crippen LogP contribution in [0, 0.1) is 0 Å². The molecule has 0 unspecified atom stereocenters. The number of H-pyrrole nitrogens is 2. The molecular weight excluding hydrogens is 416 g/mol. The molecule has 0 saturated carbocycles. The molecule has 5 aromatic rings. The van der Waals surface area contributed by atoms with Crippen molar-refractivity contribution in [2.24, 2.45) is 0 Å². The van der Waals surface area contributed by atoms with Gasteiger partial charge in [0.25, 0.3) is 0 Å². The van der Waals surface area contributed by atoms with E-state index < -0.39 is 5.97 Å². The summed E-state index contributed by atoms with van der Waals surface area (Å²) in [7, 11) is 0. The largest absolute Gasteiger partial charge is 0.478 e. The third-order valence-electron chi connectivity index (χ3n) is 6.29. The quantitative estimate of drug-likeness (QED) is 0.374. The van der Waals surface area contributed by atoms with Crippen molar-refractivity contribution >= 4 is 27.6 Å². The molecule has 8 heteroatoms. The molecule has 33 heavy (non-hydrogen) atoms. The third kappa shape index (κ3) is 3.64. The standard InChI is InChI=1S/C25H22N6O2/c32-25(33)19-6-4-15-11-17(5-3-16(15)12-19)23-20-13-18(7-8-21(20)27-29-23)24-26-22(28-30-24)14-31-9-1-2-10-31/h3-8,11-13H,1-2,9-10,14H2,(H,27,29)(H,32,33)(H,26,28,30). The maximum Gasteiger partial charge on any atom is 0.335 e. The maximum absolute atomic E-state index is 11.3. The molecule has 0 radical (unpaired) electrons. The lowest BCUT2D eigenvalue weighted by Crippen LogP contribution is -2.19. The number of rotatable bonds is 5. The summed E-state index contributed by atoms with van der Waals surface area (Å²) < 4.78 is 0. The minimum atomic E-state index is -0.928. The molecular formula is C25H22N6O2. The Bertz CT molecular complexity index is 1500. The molecule has 1 saturated heterocycles. The number of likely N-dealkylation sites (tertiary alicyclic amines) is 1. The molecule has 6 rings (SSSR count). The van der Waals surface area contributed by atoms with Crippen LogP contribution in [0.15, 0.2) is 54.6 Å². The van der Waals surface area contributed by atoms with E-state index in [1.165, 1.54) is 12.8 Å². The second-order valence-corrected chi connectivity index (χ2v) is 8.50. The van der Waals surface area contributed by atoms with Crippen molar-refractivity contribution in [2.75, 3.05) is 13.1 Å². The molecule has 0 bridgehead atoms. The van der Waals surface area contributed by atoms with Gasteiger partial charge < -0.3 is 5.11 Å². The Morgan fingerprint density at radius 3 is 2.55 bits per heavy atom. The summed E-state index contributed by atoms with van der Waals surface area (Å²) in [6.45, 7) is 2.99. The van der Waals surface area contributed by atoms with Crippen LogP contribution >= 0.6 is 0 Å². The Morgan fingerprint density at radius 1 is 0.909 bits per heavy atom. The van der Waals surface area contributed by atoms with Gasteiger partial charge in [0.2, 0.25) is 0 Å². The summed E-state index contributed by atoms with van der Waals surface area (Å²) >= 11 is 0. The summed E-state index contributed by atoms with van der Waals surface area (Å²) in [5.41, 5.74) is 3.97. The zero-order valence-electron chi connectivity index (χ0n) is 17.9.